The molecular weight excluding hydrogens is 351 g/mol. The van der Waals surface area contributed by atoms with Gasteiger partial charge in [0, 0.05) is 38.7 Å². The largest absolute Gasteiger partial charge is 0.370 e. The van der Waals surface area contributed by atoms with Crippen LogP contribution in [0.4, 0.5) is 10.1 Å². The highest BCUT2D eigenvalue weighted by Crippen LogP contribution is 2.39. The van der Waals surface area contributed by atoms with E-state index in [9.17, 15) is 4.79 Å². The number of anilines is 1. The van der Waals surface area contributed by atoms with Crippen molar-refractivity contribution in [3.8, 4) is 0 Å². The maximum absolute atomic E-state index is 15.3. The van der Waals surface area contributed by atoms with Crippen LogP contribution in [-0.2, 0) is 12.2 Å². The summed E-state index contributed by atoms with van der Waals surface area (Å²) < 4.78 is 17.0. The predicted molar refractivity (Wildman–Crippen MR) is 104 cm³/mol. The Hall–Kier alpha value is -1.81. The molecule has 5 heteroatoms. The molecule has 2 aromatic rings. The number of halogens is 2. The van der Waals surface area contributed by atoms with E-state index in [1.807, 2.05) is 47.5 Å². The van der Waals surface area contributed by atoms with Gasteiger partial charge in [0.2, 0.25) is 0 Å². The maximum Gasteiger partial charge on any atom is 0.271 e. The lowest BCUT2D eigenvalue weighted by Gasteiger charge is -2.38. The first-order valence-corrected chi connectivity index (χ1v) is 9.83. The van der Waals surface area contributed by atoms with Crippen molar-refractivity contribution in [2.24, 2.45) is 5.92 Å². The van der Waals surface area contributed by atoms with Crippen molar-refractivity contribution >= 4 is 17.3 Å². The van der Waals surface area contributed by atoms with Gasteiger partial charge in [-0.15, -0.1) is 0 Å². The predicted octanol–water partition coefficient (Wildman–Crippen LogP) is 4.77. The molecule has 2 heterocycles. The molecule has 0 amide bonds. The van der Waals surface area contributed by atoms with Gasteiger partial charge in [-0.05, 0) is 24.0 Å². The molecule has 138 valence electrons. The lowest BCUT2D eigenvalue weighted by atomic mass is 9.86. The molecule has 26 heavy (non-hydrogen) atoms. The molecule has 3 nitrogen and oxygen atoms in total. The summed E-state index contributed by atoms with van der Waals surface area (Å²) in [6.45, 7) is 1.83. The van der Waals surface area contributed by atoms with Crippen LogP contribution < -0.4 is 10.5 Å². The lowest BCUT2D eigenvalue weighted by Crippen LogP contribution is -2.41. The first-order chi connectivity index (χ1) is 12.6. The van der Waals surface area contributed by atoms with E-state index in [1.165, 1.54) is 12.8 Å². The van der Waals surface area contributed by atoms with E-state index in [0.717, 1.165) is 30.1 Å². The average Bonchev–Trinajstić information content (AvgIpc) is 3.49. The van der Waals surface area contributed by atoms with E-state index in [2.05, 4.69) is 0 Å². The van der Waals surface area contributed by atoms with E-state index in [4.69, 9.17) is 11.6 Å². The second kappa shape index (κ2) is 7.07. The minimum atomic E-state index is -1.30. The first kappa shape index (κ1) is 17.6. The third kappa shape index (κ3) is 3.52. The molecule has 4 rings (SSSR count). The second-order valence-corrected chi connectivity index (χ2v) is 7.94. The van der Waals surface area contributed by atoms with Crippen LogP contribution in [0.25, 0.3) is 0 Å². The van der Waals surface area contributed by atoms with Crippen LogP contribution in [0.2, 0.25) is 5.02 Å². The Balaban J connectivity index is 1.47. The Kier molecular flexibility index (Phi) is 4.78. The smallest absolute Gasteiger partial charge is 0.271 e. The van der Waals surface area contributed by atoms with Gasteiger partial charge in [-0.2, -0.15) is 0 Å². The van der Waals surface area contributed by atoms with Crippen molar-refractivity contribution in [2.45, 2.75) is 44.3 Å². The van der Waals surface area contributed by atoms with Crippen molar-refractivity contribution in [3.05, 3.63) is 63.5 Å². The summed E-state index contributed by atoms with van der Waals surface area (Å²) in [5.41, 5.74) is 0.0318. The normalized spacial score (nSPS) is 19.5. The molecule has 2 fully saturated rings. The van der Waals surface area contributed by atoms with E-state index in [0.29, 0.717) is 25.9 Å². The Morgan fingerprint density at radius 2 is 1.81 bits per heavy atom. The fourth-order valence-electron chi connectivity index (χ4n) is 3.81. The Morgan fingerprint density at radius 3 is 2.46 bits per heavy atom. The molecule has 1 aromatic heterocycles. The van der Waals surface area contributed by atoms with Crippen molar-refractivity contribution < 1.29 is 4.39 Å². The highest BCUT2D eigenvalue weighted by Gasteiger charge is 2.36. The summed E-state index contributed by atoms with van der Waals surface area (Å²) in [4.78, 5) is 14.6. The summed E-state index contributed by atoms with van der Waals surface area (Å²) >= 11 is 6.38. The number of aromatic nitrogens is 1. The number of hydrogen-bond acceptors (Lipinski definition) is 2. The van der Waals surface area contributed by atoms with E-state index >= 15 is 4.39 Å². The van der Waals surface area contributed by atoms with Gasteiger partial charge in [0.15, 0.2) is 0 Å². The van der Waals surface area contributed by atoms with Crippen LogP contribution in [0.1, 0.15) is 37.7 Å². The summed E-state index contributed by atoms with van der Waals surface area (Å²) in [6, 6.07) is 11.3. The van der Waals surface area contributed by atoms with Gasteiger partial charge in [0.1, 0.15) is 10.7 Å². The standard InChI is InChI=1S/C21H24ClFN2O/c22-19-18(9-13-25(20(19)26)12-8-16-6-7-16)24-14-10-21(23,11-15-24)17-4-2-1-3-5-17/h1-5,9,13,16H,6-8,10-12,14-15H2. The summed E-state index contributed by atoms with van der Waals surface area (Å²) in [5.74, 6) is 0.776. The molecule has 1 aliphatic carbocycles. The minimum absolute atomic E-state index is 0.134. The molecule has 0 atom stereocenters. The molecule has 2 aliphatic rings. The van der Waals surface area contributed by atoms with Crippen molar-refractivity contribution in [1.82, 2.24) is 4.57 Å². The molecule has 1 aromatic carbocycles. The van der Waals surface area contributed by atoms with E-state index in [-0.39, 0.29) is 10.6 Å². The topological polar surface area (TPSA) is 25.2 Å². The van der Waals surface area contributed by atoms with Crippen molar-refractivity contribution in [2.75, 3.05) is 18.0 Å². The lowest BCUT2D eigenvalue weighted by molar-refractivity contribution is 0.125. The molecule has 1 saturated carbocycles. The Morgan fingerprint density at radius 1 is 1.12 bits per heavy atom. The Bertz CT molecular complexity index is 824. The Labute approximate surface area is 158 Å². The fourth-order valence-corrected chi connectivity index (χ4v) is 4.10. The van der Waals surface area contributed by atoms with Gasteiger partial charge >= 0.3 is 0 Å². The molecule has 0 radical (unpaired) electrons. The fraction of sp³-hybridized carbons (Fsp3) is 0.476. The number of rotatable bonds is 5. The zero-order chi connectivity index (χ0) is 18.1. The minimum Gasteiger partial charge on any atom is -0.370 e. The van der Waals surface area contributed by atoms with Gasteiger partial charge in [0.25, 0.3) is 5.56 Å². The van der Waals surface area contributed by atoms with Gasteiger partial charge in [-0.25, -0.2) is 4.39 Å². The van der Waals surface area contributed by atoms with E-state index in [1.54, 1.807) is 4.57 Å². The number of nitrogens with zero attached hydrogens (tertiary/aromatic N) is 2. The van der Waals surface area contributed by atoms with Crippen LogP contribution in [0, 0.1) is 5.92 Å². The van der Waals surface area contributed by atoms with Crippen LogP contribution >= 0.6 is 11.6 Å². The molecule has 0 N–H and O–H groups in total. The molecule has 0 unspecified atom stereocenters. The first-order valence-electron chi connectivity index (χ1n) is 9.45. The third-order valence-electron chi connectivity index (χ3n) is 5.75. The summed E-state index contributed by atoms with van der Waals surface area (Å²) in [6.07, 6.45) is 6.23. The molecule has 0 bridgehead atoms. The van der Waals surface area contributed by atoms with Crippen molar-refractivity contribution in [3.63, 3.8) is 0 Å². The summed E-state index contributed by atoms with van der Waals surface area (Å²) in [5, 5.41) is 0.259. The van der Waals surface area contributed by atoms with E-state index < -0.39 is 5.67 Å². The summed E-state index contributed by atoms with van der Waals surface area (Å²) in [7, 11) is 0. The monoisotopic (exact) mass is 374 g/mol. The number of aryl methyl sites for hydroxylation is 1. The zero-order valence-electron chi connectivity index (χ0n) is 14.8. The number of hydrogen-bond donors (Lipinski definition) is 0. The van der Waals surface area contributed by atoms with Gasteiger partial charge in [0.05, 0.1) is 5.69 Å². The number of alkyl halides is 1. The maximum atomic E-state index is 15.3. The number of pyridine rings is 1. The zero-order valence-corrected chi connectivity index (χ0v) is 15.6. The van der Waals surface area contributed by atoms with Gasteiger partial charge in [-0.1, -0.05) is 54.8 Å². The number of piperidine rings is 1. The molecular formula is C21H24ClFN2O. The second-order valence-electron chi connectivity index (χ2n) is 7.56. The molecule has 0 spiro atoms. The average molecular weight is 375 g/mol. The molecule has 1 saturated heterocycles. The van der Waals surface area contributed by atoms with Gasteiger partial charge < -0.3 is 9.47 Å². The number of benzene rings is 1. The molecule has 1 aliphatic heterocycles. The van der Waals surface area contributed by atoms with Crippen molar-refractivity contribution in [1.29, 1.82) is 0 Å². The third-order valence-corrected chi connectivity index (χ3v) is 6.10. The quantitative estimate of drug-likeness (QED) is 0.753. The van der Waals surface area contributed by atoms with Crippen LogP contribution in [0.15, 0.2) is 47.4 Å². The van der Waals surface area contributed by atoms with Gasteiger partial charge in [-0.3, -0.25) is 4.79 Å². The van der Waals surface area contributed by atoms with Crippen LogP contribution in [0.5, 0.6) is 0 Å². The highest BCUT2D eigenvalue weighted by molar-refractivity contribution is 6.33. The van der Waals surface area contributed by atoms with Crippen LogP contribution in [-0.4, -0.2) is 17.7 Å². The van der Waals surface area contributed by atoms with Crippen LogP contribution in [0.3, 0.4) is 0 Å². The SMILES string of the molecule is O=c1c(Cl)c(N2CCC(F)(c3ccccc3)CC2)ccn1CCC1CC1. The highest BCUT2D eigenvalue weighted by atomic mass is 35.5.